The molecule has 0 saturated carbocycles. The highest BCUT2D eigenvalue weighted by Crippen LogP contribution is 2.32. The first kappa shape index (κ1) is 21.2. The SMILES string of the molecule is CCCCCC1=C(CCCC)C=C([SiH2]c2c(C)c(C)c(C)c(C)c2C)C1. The van der Waals surface area contributed by atoms with Crippen molar-refractivity contribution in [2.24, 2.45) is 0 Å². The topological polar surface area (TPSA) is 0 Å². The minimum atomic E-state index is -0.348. The maximum absolute atomic E-state index is 2.63. The molecule has 26 heavy (non-hydrogen) atoms. The molecular weight excluding hydrogens is 328 g/mol. The predicted octanol–water partition coefficient (Wildman–Crippen LogP) is 6.38. The van der Waals surface area contributed by atoms with Gasteiger partial charge in [0, 0.05) is 0 Å². The molecule has 0 atom stereocenters. The molecule has 1 heteroatoms. The van der Waals surface area contributed by atoms with E-state index in [-0.39, 0.29) is 9.52 Å². The van der Waals surface area contributed by atoms with Crippen LogP contribution in [0, 0.1) is 34.6 Å². The molecule has 0 N–H and O–H groups in total. The smallest absolute Gasteiger partial charge is 0.0783 e. The van der Waals surface area contributed by atoms with Crippen LogP contribution in [-0.2, 0) is 0 Å². The van der Waals surface area contributed by atoms with Crippen LogP contribution < -0.4 is 5.19 Å². The van der Waals surface area contributed by atoms with Crippen molar-refractivity contribution in [3.05, 3.63) is 50.2 Å². The minimum Gasteiger partial charge on any atom is -0.0783 e. The van der Waals surface area contributed by atoms with Crippen molar-refractivity contribution in [1.29, 1.82) is 0 Å². The van der Waals surface area contributed by atoms with E-state index in [1.54, 1.807) is 32.7 Å². The molecule has 0 nitrogen and oxygen atoms in total. The number of hydrogen-bond donors (Lipinski definition) is 0. The second-order valence-electron chi connectivity index (χ2n) is 8.45. The number of rotatable bonds is 9. The average Bonchev–Trinajstić information content (AvgIpc) is 3.02. The van der Waals surface area contributed by atoms with Crippen LogP contribution in [0.3, 0.4) is 0 Å². The van der Waals surface area contributed by atoms with Gasteiger partial charge in [0.15, 0.2) is 0 Å². The quantitative estimate of drug-likeness (QED) is 0.350. The Bertz CT molecular complexity index is 674. The van der Waals surface area contributed by atoms with Gasteiger partial charge in [0.05, 0.1) is 9.52 Å². The molecule has 1 aliphatic carbocycles. The Hall–Kier alpha value is -1.08. The molecule has 0 fully saturated rings. The lowest BCUT2D eigenvalue weighted by atomic mass is 9.95. The zero-order valence-corrected chi connectivity index (χ0v) is 19.9. The van der Waals surface area contributed by atoms with Gasteiger partial charge in [0.2, 0.25) is 0 Å². The van der Waals surface area contributed by atoms with Crippen molar-refractivity contribution >= 4 is 14.7 Å². The fourth-order valence-electron chi connectivity index (χ4n) is 4.42. The lowest BCUT2D eigenvalue weighted by molar-refractivity contribution is 0.699. The summed E-state index contributed by atoms with van der Waals surface area (Å²) in [6, 6.07) is 0. The van der Waals surface area contributed by atoms with Crippen LogP contribution in [0.5, 0.6) is 0 Å². The van der Waals surface area contributed by atoms with E-state index in [2.05, 4.69) is 54.5 Å². The summed E-state index contributed by atoms with van der Waals surface area (Å²) in [5.74, 6) is 0. The van der Waals surface area contributed by atoms with Crippen molar-refractivity contribution in [3.8, 4) is 0 Å². The lowest BCUT2D eigenvalue weighted by Gasteiger charge is -2.19. The van der Waals surface area contributed by atoms with Gasteiger partial charge in [0.25, 0.3) is 0 Å². The van der Waals surface area contributed by atoms with E-state index in [0.717, 1.165) is 0 Å². The van der Waals surface area contributed by atoms with Crippen LogP contribution >= 0.6 is 0 Å². The molecule has 0 radical (unpaired) electrons. The molecule has 0 bridgehead atoms. The third-order valence-electron chi connectivity index (χ3n) is 6.71. The van der Waals surface area contributed by atoms with E-state index in [9.17, 15) is 0 Å². The van der Waals surface area contributed by atoms with Gasteiger partial charge in [-0.3, -0.25) is 0 Å². The zero-order valence-electron chi connectivity index (χ0n) is 18.4. The molecule has 144 valence electrons. The molecule has 0 amide bonds. The number of benzene rings is 1. The van der Waals surface area contributed by atoms with Gasteiger partial charge in [-0.15, -0.1) is 0 Å². The normalized spacial score (nSPS) is 14.8. The van der Waals surface area contributed by atoms with E-state index in [0.29, 0.717) is 0 Å². The highest BCUT2D eigenvalue weighted by atomic mass is 28.2. The van der Waals surface area contributed by atoms with Gasteiger partial charge in [-0.1, -0.05) is 55.1 Å². The van der Waals surface area contributed by atoms with Gasteiger partial charge in [0.1, 0.15) is 0 Å². The fraction of sp³-hybridized carbons (Fsp3) is 0.600. The molecule has 2 rings (SSSR count). The van der Waals surface area contributed by atoms with E-state index in [1.807, 2.05) is 0 Å². The summed E-state index contributed by atoms with van der Waals surface area (Å²) in [6.45, 7) is 16.3. The van der Waals surface area contributed by atoms with Crippen molar-refractivity contribution in [2.75, 3.05) is 0 Å². The second kappa shape index (κ2) is 9.74. The lowest BCUT2D eigenvalue weighted by Crippen LogP contribution is -2.25. The van der Waals surface area contributed by atoms with Gasteiger partial charge in [-0.25, -0.2) is 0 Å². The summed E-state index contributed by atoms with van der Waals surface area (Å²) in [5.41, 5.74) is 11.2. The molecule has 1 aromatic rings. The Balaban J connectivity index is 2.21. The summed E-state index contributed by atoms with van der Waals surface area (Å²) in [4.78, 5) is 0. The maximum Gasteiger partial charge on any atom is 0.0835 e. The molecule has 0 saturated heterocycles. The molecule has 0 aliphatic heterocycles. The summed E-state index contributed by atoms with van der Waals surface area (Å²) in [5, 5.41) is 3.51. The van der Waals surface area contributed by atoms with E-state index in [4.69, 9.17) is 0 Å². The fourth-order valence-corrected chi connectivity index (χ4v) is 6.71. The molecule has 1 aliphatic rings. The van der Waals surface area contributed by atoms with Gasteiger partial charge < -0.3 is 0 Å². The molecule has 0 unspecified atom stereocenters. The van der Waals surface area contributed by atoms with Crippen molar-refractivity contribution in [2.45, 2.75) is 99.8 Å². The number of unbranched alkanes of at least 4 members (excludes halogenated alkanes) is 3. The first-order valence-corrected chi connectivity index (χ1v) is 12.3. The van der Waals surface area contributed by atoms with Gasteiger partial charge >= 0.3 is 0 Å². The summed E-state index contributed by atoms with van der Waals surface area (Å²) >= 11 is 0. The first-order valence-electron chi connectivity index (χ1n) is 10.9. The number of allylic oxidation sites excluding steroid dienone is 4. The number of hydrogen-bond acceptors (Lipinski definition) is 0. The Morgan fingerprint density at radius 3 is 1.88 bits per heavy atom. The van der Waals surface area contributed by atoms with Gasteiger partial charge in [-0.05, 0) is 100 Å². The van der Waals surface area contributed by atoms with E-state index in [1.165, 1.54) is 68.1 Å². The molecule has 0 heterocycles. The molecular formula is C25H40Si. The average molecular weight is 369 g/mol. The summed E-state index contributed by atoms with van der Waals surface area (Å²) < 4.78 is 0. The third kappa shape index (κ3) is 4.79. The van der Waals surface area contributed by atoms with Crippen LogP contribution in [0.25, 0.3) is 0 Å². The monoisotopic (exact) mass is 368 g/mol. The van der Waals surface area contributed by atoms with Crippen LogP contribution in [0.1, 0.15) is 93.0 Å². The van der Waals surface area contributed by atoms with Crippen molar-refractivity contribution < 1.29 is 0 Å². The largest absolute Gasteiger partial charge is 0.0835 e. The summed E-state index contributed by atoms with van der Waals surface area (Å²) in [6.07, 6.45) is 13.3. The van der Waals surface area contributed by atoms with Gasteiger partial charge in [-0.2, -0.15) is 0 Å². The molecule has 0 spiro atoms. The standard InChI is InChI=1S/C25H40Si/c1-8-10-12-14-23-16-24(15-22(23)13-11-9-2)26-25-20(6)18(4)17(3)19(5)21(25)7/h15H,8-14,16,26H2,1-7H3. The maximum atomic E-state index is 2.63. The highest BCUT2D eigenvalue weighted by molar-refractivity contribution is 6.62. The Morgan fingerprint density at radius 2 is 1.31 bits per heavy atom. The Kier molecular flexibility index (Phi) is 7.95. The zero-order chi connectivity index (χ0) is 19.3. The Labute approximate surface area is 165 Å². The molecule has 0 aromatic heterocycles. The van der Waals surface area contributed by atoms with Crippen LogP contribution in [0.15, 0.2) is 22.4 Å². The molecule has 1 aromatic carbocycles. The first-order chi connectivity index (χ1) is 12.4. The minimum absolute atomic E-state index is 0.348. The van der Waals surface area contributed by atoms with Crippen molar-refractivity contribution in [1.82, 2.24) is 0 Å². The van der Waals surface area contributed by atoms with Crippen LogP contribution in [0.4, 0.5) is 0 Å². The van der Waals surface area contributed by atoms with E-state index >= 15 is 0 Å². The van der Waals surface area contributed by atoms with Crippen LogP contribution in [0.2, 0.25) is 0 Å². The second-order valence-corrected chi connectivity index (χ2v) is 10.4. The van der Waals surface area contributed by atoms with E-state index < -0.39 is 0 Å². The highest BCUT2D eigenvalue weighted by Gasteiger charge is 2.19. The van der Waals surface area contributed by atoms with Crippen molar-refractivity contribution in [3.63, 3.8) is 0 Å². The predicted molar refractivity (Wildman–Crippen MR) is 122 cm³/mol. The summed E-state index contributed by atoms with van der Waals surface area (Å²) in [7, 11) is -0.348. The third-order valence-corrected chi connectivity index (χ3v) is 9.04. The Morgan fingerprint density at radius 1 is 0.731 bits per heavy atom. The van der Waals surface area contributed by atoms with Crippen LogP contribution in [-0.4, -0.2) is 9.52 Å².